The zero-order valence-corrected chi connectivity index (χ0v) is 16.4. The molecule has 0 saturated heterocycles. The molecular weight excluding hydrogens is 433 g/mol. The zero-order valence-electron chi connectivity index (χ0n) is 14.2. The van der Waals surface area contributed by atoms with E-state index in [0.717, 1.165) is 5.75 Å². The van der Waals surface area contributed by atoms with Gasteiger partial charge >= 0.3 is 0 Å². The van der Waals surface area contributed by atoms with Crippen molar-refractivity contribution >= 4 is 49.9 Å². The fourth-order valence-electron chi connectivity index (χ4n) is 3.73. The van der Waals surface area contributed by atoms with Crippen LogP contribution in [0.3, 0.4) is 0 Å². The van der Waals surface area contributed by atoms with Gasteiger partial charge in [-0.15, -0.1) is 0 Å². The van der Waals surface area contributed by atoms with Crippen LogP contribution in [0.1, 0.15) is 0 Å². The second-order valence-electron chi connectivity index (χ2n) is 6.36. The third-order valence-electron chi connectivity index (χ3n) is 4.95. The Labute approximate surface area is 165 Å². The van der Waals surface area contributed by atoms with Gasteiger partial charge in [0.2, 0.25) is 0 Å². The maximum atomic E-state index is 5.33. The number of halogens is 1. The number of benzene rings is 3. The Kier molecular flexibility index (Phi) is 3.64. The van der Waals surface area contributed by atoms with Crippen molar-refractivity contribution in [2.24, 2.45) is 0 Å². The molecule has 0 bridgehead atoms. The van der Waals surface area contributed by atoms with Crippen LogP contribution >= 0.6 is 22.6 Å². The summed E-state index contributed by atoms with van der Waals surface area (Å²) in [5.41, 5.74) is 6.19. The fourth-order valence-corrected chi connectivity index (χ4v) is 4.78. The third kappa shape index (κ3) is 2.23. The molecular formula is C23H16INO. The molecule has 5 aromatic rings. The second kappa shape index (κ2) is 6.02. The van der Waals surface area contributed by atoms with Crippen molar-refractivity contribution in [1.82, 2.24) is 4.40 Å². The standard InChI is InChI=1S/C23H16INO/c1-26-17-12-10-15(11-13-17)22-21-14-16-6-2-4-8-19(16)25(21)20-9-5-3-7-18(20)23(22)24/h2-14H,1H3. The lowest BCUT2D eigenvalue weighted by molar-refractivity contribution is 0.415. The van der Waals surface area contributed by atoms with Crippen LogP contribution in [0.5, 0.6) is 5.75 Å². The Bertz CT molecular complexity index is 1270. The van der Waals surface area contributed by atoms with Gasteiger partial charge in [0.25, 0.3) is 0 Å². The van der Waals surface area contributed by atoms with Gasteiger partial charge < -0.3 is 9.14 Å². The first kappa shape index (κ1) is 15.7. The van der Waals surface area contributed by atoms with E-state index < -0.39 is 0 Å². The van der Waals surface area contributed by atoms with Gasteiger partial charge in [-0.3, -0.25) is 0 Å². The van der Waals surface area contributed by atoms with E-state index in [9.17, 15) is 0 Å². The summed E-state index contributed by atoms with van der Waals surface area (Å²) < 4.78 is 8.99. The number of rotatable bonds is 2. The molecule has 0 fully saturated rings. The van der Waals surface area contributed by atoms with E-state index in [-0.39, 0.29) is 0 Å². The molecule has 0 aliphatic carbocycles. The van der Waals surface area contributed by atoms with Gasteiger partial charge in [0.15, 0.2) is 0 Å². The first-order valence-electron chi connectivity index (χ1n) is 8.53. The summed E-state index contributed by atoms with van der Waals surface area (Å²) in [6.45, 7) is 0. The van der Waals surface area contributed by atoms with Crippen LogP contribution in [0.25, 0.3) is 38.4 Å². The lowest BCUT2D eigenvalue weighted by Crippen LogP contribution is -1.95. The van der Waals surface area contributed by atoms with Crippen LogP contribution in [-0.2, 0) is 0 Å². The molecule has 126 valence electrons. The highest BCUT2D eigenvalue weighted by atomic mass is 127. The van der Waals surface area contributed by atoms with Gasteiger partial charge in [0, 0.05) is 19.9 Å². The molecule has 2 aromatic heterocycles. The van der Waals surface area contributed by atoms with Crippen LogP contribution in [-0.4, -0.2) is 11.5 Å². The number of methoxy groups -OCH3 is 1. The Morgan fingerprint density at radius 3 is 2.23 bits per heavy atom. The van der Waals surface area contributed by atoms with Crippen LogP contribution in [0.4, 0.5) is 0 Å². The number of hydrogen-bond donors (Lipinski definition) is 0. The van der Waals surface area contributed by atoms with Gasteiger partial charge in [-0.1, -0.05) is 48.5 Å². The summed E-state index contributed by atoms with van der Waals surface area (Å²) in [6.07, 6.45) is 0. The normalized spacial score (nSPS) is 11.5. The van der Waals surface area contributed by atoms with Gasteiger partial charge in [-0.25, -0.2) is 0 Å². The minimum atomic E-state index is 0.876. The highest BCUT2D eigenvalue weighted by Gasteiger charge is 2.16. The molecule has 0 atom stereocenters. The summed E-state index contributed by atoms with van der Waals surface area (Å²) >= 11 is 2.49. The first-order valence-corrected chi connectivity index (χ1v) is 9.60. The fraction of sp³-hybridized carbons (Fsp3) is 0.0435. The Morgan fingerprint density at radius 1 is 0.769 bits per heavy atom. The van der Waals surface area contributed by atoms with E-state index in [1.807, 2.05) is 12.1 Å². The third-order valence-corrected chi connectivity index (χ3v) is 6.07. The number of hydrogen-bond acceptors (Lipinski definition) is 1. The molecule has 5 rings (SSSR count). The molecule has 0 aliphatic rings. The molecule has 2 heterocycles. The molecule has 0 N–H and O–H groups in total. The smallest absolute Gasteiger partial charge is 0.118 e. The number of nitrogens with zero attached hydrogens (tertiary/aromatic N) is 1. The van der Waals surface area contributed by atoms with Crippen molar-refractivity contribution in [3.8, 4) is 16.9 Å². The van der Waals surface area contributed by atoms with Crippen LogP contribution < -0.4 is 4.74 Å². The quantitative estimate of drug-likeness (QED) is 0.280. The number of aromatic nitrogens is 1. The molecule has 3 heteroatoms. The van der Waals surface area contributed by atoms with Crippen molar-refractivity contribution in [3.63, 3.8) is 0 Å². The van der Waals surface area contributed by atoms with E-state index in [2.05, 4.69) is 93.7 Å². The van der Waals surface area contributed by atoms with Crippen molar-refractivity contribution in [3.05, 3.63) is 82.4 Å². The molecule has 2 nitrogen and oxygen atoms in total. The molecule has 0 amide bonds. The van der Waals surface area contributed by atoms with Crippen molar-refractivity contribution in [2.45, 2.75) is 0 Å². The van der Waals surface area contributed by atoms with Gasteiger partial charge in [-0.05, 0) is 58.5 Å². The predicted octanol–water partition coefficient (Wildman–Crippen LogP) is 6.53. The monoisotopic (exact) mass is 449 g/mol. The summed E-state index contributed by atoms with van der Waals surface area (Å²) in [6, 6.07) is 27.8. The molecule has 0 aliphatic heterocycles. The van der Waals surface area contributed by atoms with Crippen LogP contribution in [0.2, 0.25) is 0 Å². The molecule has 0 radical (unpaired) electrons. The van der Waals surface area contributed by atoms with Crippen LogP contribution in [0, 0.1) is 3.57 Å². The van der Waals surface area contributed by atoms with Gasteiger partial charge in [0.05, 0.1) is 23.7 Å². The Morgan fingerprint density at radius 2 is 1.46 bits per heavy atom. The zero-order chi connectivity index (χ0) is 17.7. The molecule has 26 heavy (non-hydrogen) atoms. The summed E-state index contributed by atoms with van der Waals surface area (Å²) in [5, 5.41) is 2.53. The van der Waals surface area contributed by atoms with E-state index in [4.69, 9.17) is 4.74 Å². The number of ether oxygens (including phenoxy) is 1. The maximum Gasteiger partial charge on any atom is 0.118 e. The second-order valence-corrected chi connectivity index (χ2v) is 7.44. The number of pyridine rings is 1. The highest BCUT2D eigenvalue weighted by Crippen LogP contribution is 2.39. The van der Waals surface area contributed by atoms with Crippen molar-refractivity contribution < 1.29 is 4.74 Å². The van der Waals surface area contributed by atoms with Crippen LogP contribution in [0.15, 0.2) is 78.9 Å². The predicted molar refractivity (Wildman–Crippen MR) is 117 cm³/mol. The van der Waals surface area contributed by atoms with E-state index >= 15 is 0 Å². The lowest BCUT2D eigenvalue weighted by atomic mass is 10.0. The lowest BCUT2D eigenvalue weighted by Gasteiger charge is -2.14. The maximum absolute atomic E-state index is 5.33. The van der Waals surface area contributed by atoms with Gasteiger partial charge in [0.1, 0.15) is 5.75 Å². The molecule has 0 unspecified atom stereocenters. The van der Waals surface area contributed by atoms with E-state index in [1.54, 1.807) is 7.11 Å². The Balaban J connectivity index is 1.99. The van der Waals surface area contributed by atoms with Crippen molar-refractivity contribution in [1.29, 1.82) is 0 Å². The van der Waals surface area contributed by atoms with Crippen molar-refractivity contribution in [2.75, 3.05) is 7.11 Å². The Hall–Kier alpha value is -2.53. The average Bonchev–Trinajstić information content (AvgIpc) is 3.08. The summed E-state index contributed by atoms with van der Waals surface area (Å²) in [7, 11) is 1.70. The SMILES string of the molecule is COc1ccc(-c2c(I)c3ccccc3n3c2cc2ccccc23)cc1. The minimum Gasteiger partial charge on any atom is -0.497 e. The largest absolute Gasteiger partial charge is 0.497 e. The molecule has 0 saturated carbocycles. The average molecular weight is 449 g/mol. The topological polar surface area (TPSA) is 13.6 Å². The summed E-state index contributed by atoms with van der Waals surface area (Å²) in [5.74, 6) is 0.876. The highest BCUT2D eigenvalue weighted by molar-refractivity contribution is 14.1. The summed E-state index contributed by atoms with van der Waals surface area (Å²) in [4.78, 5) is 0. The molecule has 3 aromatic carbocycles. The number of fused-ring (bicyclic) bond motifs is 5. The van der Waals surface area contributed by atoms with E-state index in [0.29, 0.717) is 0 Å². The first-order chi connectivity index (χ1) is 12.8. The van der Waals surface area contributed by atoms with E-state index in [1.165, 1.54) is 42.0 Å². The van der Waals surface area contributed by atoms with Gasteiger partial charge in [-0.2, -0.15) is 0 Å². The number of para-hydroxylation sites is 2. The minimum absolute atomic E-state index is 0.876. The molecule has 0 spiro atoms.